The molecule has 17 nitrogen and oxygen atoms in total. The molecule has 6 heterocycles. The predicted molar refractivity (Wildman–Crippen MR) is 599 cm³/mol. The Balaban J connectivity index is -0.000000113. The number of carboxylic acids is 1. The van der Waals surface area contributed by atoms with E-state index in [1.54, 1.807) is 136 Å². The summed E-state index contributed by atoms with van der Waals surface area (Å²) in [6.07, 6.45) is 4.25. The molecule has 0 radical (unpaired) electrons. The zero-order valence-corrected chi connectivity index (χ0v) is 77.4. The van der Waals surface area contributed by atoms with E-state index >= 15 is 0 Å². The molecule has 0 atom stereocenters. The summed E-state index contributed by atoms with van der Waals surface area (Å²) in [5.74, 6) is -2.30. The number of amides is 3. The number of thiophene rings is 2. The quantitative estimate of drug-likeness (QED) is 0.0734. The van der Waals surface area contributed by atoms with Crippen molar-refractivity contribution in [1.29, 1.82) is 0 Å². The fourth-order valence-corrected chi connectivity index (χ4v) is 11.0. The van der Waals surface area contributed by atoms with Crippen LogP contribution in [0.4, 0.5) is 26.3 Å². The number of aromatic amines is 1. The number of aryl methyl sites for hydroxylation is 14. The van der Waals surface area contributed by atoms with E-state index in [0.717, 1.165) is 82.2 Å². The third-order valence-electron chi connectivity index (χ3n) is 15.5. The highest BCUT2D eigenvalue weighted by molar-refractivity contribution is 7.15. The molecule has 3 amide bonds. The van der Waals surface area contributed by atoms with E-state index in [1.165, 1.54) is 68.8 Å². The Hall–Kier alpha value is -12.9. The van der Waals surface area contributed by atoms with Gasteiger partial charge >= 0.3 is 12.3 Å². The van der Waals surface area contributed by atoms with Crippen LogP contribution in [0.25, 0.3) is 10.7 Å². The van der Waals surface area contributed by atoms with Crippen molar-refractivity contribution in [3.8, 4) is 22.2 Å². The minimum atomic E-state index is -4.60. The van der Waals surface area contributed by atoms with Gasteiger partial charge in [0.2, 0.25) is 17.6 Å². The molecule has 0 fully saturated rings. The fourth-order valence-electron chi connectivity index (χ4n) is 8.74. The molecule has 29 heteroatoms. The maximum Gasteiger partial charge on any atom is 0.573 e. The average molecular weight is 2080 g/mol. The van der Waals surface area contributed by atoms with Gasteiger partial charge in [-0.2, -0.15) is 5.21 Å². The summed E-state index contributed by atoms with van der Waals surface area (Å²) in [7, 11) is 1.67. The van der Waals surface area contributed by atoms with Crippen molar-refractivity contribution in [3.63, 3.8) is 0 Å². The number of nitrogens with two attached hydrogens (primary N) is 3. The van der Waals surface area contributed by atoms with Gasteiger partial charge in [0.05, 0.1) is 22.4 Å². The van der Waals surface area contributed by atoms with Crippen molar-refractivity contribution >= 4 is 92.8 Å². The number of alkyl halides is 3. The first-order valence-corrected chi connectivity index (χ1v) is 41.4. The van der Waals surface area contributed by atoms with Crippen LogP contribution in [0.3, 0.4) is 0 Å². The summed E-state index contributed by atoms with van der Waals surface area (Å²) in [5, 5.41) is 24.9. The smallest absolute Gasteiger partial charge is 0.497 e. The molecule has 0 spiro atoms. The van der Waals surface area contributed by atoms with Crippen molar-refractivity contribution in [3.05, 3.63) is 434 Å². The molecule has 0 aliphatic carbocycles. The molecule has 0 unspecified atom stereocenters. The van der Waals surface area contributed by atoms with Crippen LogP contribution < -0.4 is 26.7 Å². The van der Waals surface area contributed by atoms with Crippen LogP contribution in [-0.4, -0.2) is 77.8 Å². The number of nitrogens with one attached hydrogen (secondary N) is 1. The number of aromatic nitrogens is 7. The van der Waals surface area contributed by atoms with Crippen LogP contribution in [0.1, 0.15) is 221 Å². The van der Waals surface area contributed by atoms with Crippen molar-refractivity contribution in [2.45, 2.75) is 207 Å². The average Bonchev–Trinajstić information content (AvgIpc) is 1.70. The van der Waals surface area contributed by atoms with Crippen LogP contribution in [-0.2, 0) is 0 Å². The molecule has 780 valence electrons. The number of nitrogens with zero attached hydrogens (tertiary/aromatic N) is 6. The third kappa shape index (κ3) is 75.7. The summed E-state index contributed by atoms with van der Waals surface area (Å²) in [4.78, 5) is 57.5. The highest BCUT2D eigenvalue weighted by atomic mass is 35.5. The minimum Gasteiger partial charge on any atom is -0.497 e. The number of tetrazole rings is 1. The van der Waals surface area contributed by atoms with Crippen molar-refractivity contribution in [2.75, 3.05) is 7.11 Å². The number of benzene rings is 9. The molecule has 141 heavy (non-hydrogen) atoms. The first kappa shape index (κ1) is 156. The Morgan fingerprint density at radius 2 is 0.801 bits per heavy atom. The Labute approximate surface area is 869 Å². The van der Waals surface area contributed by atoms with Gasteiger partial charge in [0.25, 0.3) is 5.91 Å². The topological polar surface area (TPSA) is 278 Å². The minimum absolute atomic E-state index is 0. The number of rotatable bonds is 7. The van der Waals surface area contributed by atoms with Crippen LogP contribution in [0.15, 0.2) is 298 Å². The van der Waals surface area contributed by atoms with Crippen LogP contribution in [0, 0.1) is 114 Å². The first-order valence-electron chi connectivity index (χ1n) is 38.2. The highest BCUT2D eigenvalue weighted by Crippen LogP contribution is 2.25. The van der Waals surface area contributed by atoms with Crippen LogP contribution in [0.5, 0.6) is 11.5 Å². The number of ether oxygens (including phenoxy) is 2. The predicted octanol–water partition coefficient (Wildman–Crippen LogP) is 35.3. The maximum atomic E-state index is 12.2. The lowest BCUT2D eigenvalue weighted by atomic mass is 10.1. The zero-order chi connectivity index (χ0) is 95.0. The number of hydrogen-bond acceptors (Lipinski definition) is 14. The maximum absolute atomic E-state index is 12.2. The van der Waals surface area contributed by atoms with E-state index in [0.29, 0.717) is 37.6 Å². The normalized spacial score (nSPS) is 8.60. The Kier molecular flexibility index (Phi) is 96.8. The summed E-state index contributed by atoms with van der Waals surface area (Å²) in [6, 6.07) is 77.6. The Bertz CT molecular complexity index is 5460. The van der Waals surface area contributed by atoms with Gasteiger partial charge in [-0.05, 0) is 293 Å². The lowest BCUT2D eigenvalue weighted by Gasteiger charge is -2.08. The van der Waals surface area contributed by atoms with Gasteiger partial charge in [0.15, 0.2) is 11.6 Å². The number of carbonyl (C=O) groups is 4. The number of carboxylic acid groups (broad SMARTS) is 1. The fraction of sp³-hybridized carbons (Fsp3) is 0.268. The van der Waals surface area contributed by atoms with Crippen molar-refractivity contribution in [2.24, 2.45) is 17.2 Å². The van der Waals surface area contributed by atoms with Gasteiger partial charge in [-0.3, -0.25) is 24.4 Å². The number of hydrogen-bond donors (Lipinski definition) is 5. The van der Waals surface area contributed by atoms with Crippen LogP contribution >= 0.6 is 69.1 Å². The number of halogens is 10. The standard InChI is InChI=1S/C8H7F3O.2C8H9NO.C8H8O2.C8H10O.C7H6Cl2.C7H7Cl.C7H6F2.C7H7F.C6H6ClN.C6H6N4S.C6H7NOS.2C6H7N.14CH4/c1-6-2-4-7(5-3-6)12-8(9,10)11;1-6-2-4-7(5-3-6)8(9)10;2*1-6-3-2-4-7(5-6)8(9)10;1-7-3-5-8(9-2)6-4-7;1-5-2-3-6(8)4-7(5)9;1-6-3-2-4-7(8)5-6;1-5-2-3-6(8)7(9)4-5;1-6-2-4-7(8)5-3-6;1-5-3-2-4-8-6(5)7;1-4-2-3-5(11-4)6-7-9-10-8-6;1-4-2-3-5(9-4)6(7)8;1-6-2-4-7-5-3-6;1-6-3-2-4-7-5-6;;;;;;;;;;;;;;/h2-5H,1H3;2*2-5H,1H3,(H2,9,10);2-5H,1H3,(H,9,10);3-6H,1-2H3;2-4H,1H3;2-5H,1H3;2-4H,1H3;2-5H,1H3;2-4H,1H3;2-3H,1H3,(H,7,8,9,10);2-3H,1H3,(H2,7,8);2*2-5H,1H3;14*1H4. The highest BCUT2D eigenvalue weighted by Gasteiger charge is 2.31. The van der Waals surface area contributed by atoms with Gasteiger partial charge in [-0.1, -0.05) is 293 Å². The number of aromatic carboxylic acids is 1. The van der Waals surface area contributed by atoms with Gasteiger partial charge in [-0.25, -0.2) is 22.9 Å². The number of carbonyl (C=O) groups excluding carboxylic acids is 3. The molecular formula is C112H158Cl4F6N10O7S2. The second kappa shape index (κ2) is 87.4. The molecule has 15 rings (SSSR count). The molecule has 8 N–H and O–H groups in total. The molecule has 15 aromatic rings. The summed E-state index contributed by atoms with van der Waals surface area (Å²) >= 11 is 25.7. The number of primary amides is 3. The molecule has 0 bridgehead atoms. The number of pyridine rings is 3. The SMILES string of the molecule is C.C.C.C.C.C.C.C.C.C.C.C.C.C.COc1ccc(C)cc1.Cc1ccc(-c2nn[nH]n2)s1.Cc1ccc(C(N)=O)cc1.Cc1ccc(C(N)=O)s1.Cc1ccc(Cl)cc1Cl.Cc1ccc(F)c(F)c1.Cc1ccc(F)cc1.Cc1ccc(OC(F)(F)F)cc1.Cc1cccc(C(=O)O)c1.Cc1cccc(C(N)=O)c1.Cc1cccc(Cl)c1.Cc1cccnc1.Cc1cccnc1Cl.Cc1ccncc1. The second-order valence-electron chi connectivity index (χ2n) is 27.0. The molecule has 0 aliphatic heterocycles. The lowest BCUT2D eigenvalue weighted by Crippen LogP contribution is -2.16. The van der Waals surface area contributed by atoms with E-state index in [1.807, 2.05) is 228 Å². The monoisotopic (exact) mass is 2070 g/mol. The third-order valence-corrected chi connectivity index (χ3v) is 18.8. The second-order valence-corrected chi connectivity index (χ2v) is 31.2. The van der Waals surface area contributed by atoms with Crippen molar-refractivity contribution in [1.82, 2.24) is 35.6 Å². The van der Waals surface area contributed by atoms with E-state index < -0.39 is 24.0 Å². The van der Waals surface area contributed by atoms with E-state index in [2.05, 4.69) is 47.2 Å². The molecule has 9 aromatic carbocycles. The molecule has 6 aromatic heterocycles. The van der Waals surface area contributed by atoms with Gasteiger partial charge < -0.3 is 31.8 Å². The van der Waals surface area contributed by atoms with E-state index in [4.69, 9.17) is 73.4 Å². The summed E-state index contributed by atoms with van der Waals surface area (Å²) in [5.41, 5.74) is 29.4. The first-order chi connectivity index (χ1) is 60.0. The Morgan fingerprint density at radius 1 is 0.376 bits per heavy atom. The van der Waals surface area contributed by atoms with E-state index in [-0.39, 0.29) is 133 Å². The summed E-state index contributed by atoms with van der Waals surface area (Å²) in [6.45, 7) is 27.2. The zero-order valence-electron chi connectivity index (χ0n) is 72.7. The number of methoxy groups -OCH3 is 1. The molecular weight excluding hydrogens is 1920 g/mol. The van der Waals surface area contributed by atoms with E-state index in [9.17, 15) is 45.5 Å². The van der Waals surface area contributed by atoms with Crippen molar-refractivity contribution < 1.29 is 60.1 Å². The van der Waals surface area contributed by atoms with Crippen LogP contribution in [0.2, 0.25) is 20.2 Å². The molecule has 0 saturated carbocycles. The lowest BCUT2D eigenvalue weighted by molar-refractivity contribution is -0.274. The molecule has 0 saturated heterocycles. The van der Waals surface area contributed by atoms with Gasteiger partial charge in [0, 0.05) is 66.9 Å². The summed E-state index contributed by atoms with van der Waals surface area (Å²) < 4.78 is 79.9. The largest absolute Gasteiger partial charge is 0.573 e. The Morgan fingerprint density at radius 3 is 1.11 bits per heavy atom. The molecule has 0 aliphatic rings. The van der Waals surface area contributed by atoms with Gasteiger partial charge in [-0.15, -0.1) is 46.0 Å². The van der Waals surface area contributed by atoms with Gasteiger partial charge in [0.1, 0.15) is 22.5 Å². The number of H-pyrrole nitrogens is 1.